The fourth-order valence-corrected chi connectivity index (χ4v) is 5.39. The molecule has 2 aliphatic carbocycles. The van der Waals surface area contributed by atoms with E-state index in [9.17, 15) is 15.3 Å². The third-order valence-electron chi connectivity index (χ3n) is 7.64. The highest BCUT2D eigenvalue weighted by molar-refractivity contribution is 5.92. The third-order valence-corrected chi connectivity index (χ3v) is 7.64. The Morgan fingerprint density at radius 2 is 1.52 bits per heavy atom. The molecular formula is C20H24N6O. The van der Waals surface area contributed by atoms with Crippen LogP contribution in [0.2, 0.25) is 0 Å². The molecule has 0 N–H and O–H groups in total. The van der Waals surface area contributed by atoms with Gasteiger partial charge in [0.05, 0.1) is 16.8 Å². The number of fused-ring (bicyclic) bond motifs is 5. The number of carbonyl (C=O) groups is 1. The summed E-state index contributed by atoms with van der Waals surface area (Å²) in [5.74, 6) is 0.103. The maximum atomic E-state index is 13.9. The summed E-state index contributed by atoms with van der Waals surface area (Å²) < 4.78 is 0. The molecule has 1 aliphatic heterocycles. The molecule has 1 aromatic rings. The molecular weight excluding hydrogens is 340 g/mol. The number of likely N-dealkylation sites (N-methyl/N-ethyl adjacent to an activating group) is 1. The lowest BCUT2D eigenvalue weighted by atomic mass is 9.63. The number of piperazine rings is 1. The highest BCUT2D eigenvalue weighted by Crippen LogP contribution is 2.70. The summed E-state index contributed by atoms with van der Waals surface area (Å²) >= 11 is 0. The van der Waals surface area contributed by atoms with Crippen LogP contribution in [0.25, 0.3) is 0 Å². The second kappa shape index (κ2) is 5.50. The molecule has 1 saturated carbocycles. The summed E-state index contributed by atoms with van der Waals surface area (Å²) in [7, 11) is 2.07. The van der Waals surface area contributed by atoms with Crippen molar-refractivity contribution >= 4 is 5.91 Å². The van der Waals surface area contributed by atoms with Crippen molar-refractivity contribution in [2.45, 2.75) is 44.4 Å². The number of nitriles is 2. The zero-order chi connectivity index (χ0) is 19.6. The molecule has 1 aromatic heterocycles. The van der Waals surface area contributed by atoms with Crippen LogP contribution >= 0.6 is 0 Å². The second-order valence-corrected chi connectivity index (χ2v) is 8.80. The molecule has 140 valence electrons. The molecule has 7 nitrogen and oxygen atoms in total. The van der Waals surface area contributed by atoms with E-state index in [1.165, 1.54) is 0 Å². The van der Waals surface area contributed by atoms with E-state index in [1.807, 2.05) is 17.0 Å². The highest BCUT2D eigenvalue weighted by atomic mass is 16.2. The predicted octanol–water partition coefficient (Wildman–Crippen LogP) is 1.32. The van der Waals surface area contributed by atoms with E-state index in [2.05, 4.69) is 42.7 Å². The molecule has 1 amide bonds. The van der Waals surface area contributed by atoms with Crippen molar-refractivity contribution in [3.63, 3.8) is 0 Å². The SMILES string of the molecule is CN1CCN(C(=O)C23CCC(C)(c4nc(C#N)c(C#N)nc42)C3(C)C)CC1. The van der Waals surface area contributed by atoms with E-state index in [0.29, 0.717) is 25.2 Å². The summed E-state index contributed by atoms with van der Waals surface area (Å²) in [4.78, 5) is 27.1. The Balaban J connectivity index is 1.90. The first-order valence-electron chi connectivity index (χ1n) is 9.44. The van der Waals surface area contributed by atoms with Crippen LogP contribution in [-0.4, -0.2) is 58.9 Å². The number of hydrogen-bond acceptors (Lipinski definition) is 6. The molecule has 0 radical (unpaired) electrons. The topological polar surface area (TPSA) is 96.9 Å². The first kappa shape index (κ1) is 17.9. The van der Waals surface area contributed by atoms with Gasteiger partial charge in [-0.3, -0.25) is 4.79 Å². The van der Waals surface area contributed by atoms with Crippen molar-refractivity contribution in [1.29, 1.82) is 10.5 Å². The Kier molecular flexibility index (Phi) is 3.64. The molecule has 0 aromatic carbocycles. The molecule has 2 fully saturated rings. The van der Waals surface area contributed by atoms with E-state index in [-0.39, 0.29) is 28.1 Å². The van der Waals surface area contributed by atoms with Crippen LogP contribution < -0.4 is 0 Å². The van der Waals surface area contributed by atoms with Crippen LogP contribution in [0.5, 0.6) is 0 Å². The quantitative estimate of drug-likeness (QED) is 0.746. The maximum absolute atomic E-state index is 13.9. The van der Waals surface area contributed by atoms with Crippen molar-refractivity contribution in [1.82, 2.24) is 19.8 Å². The van der Waals surface area contributed by atoms with Gasteiger partial charge < -0.3 is 9.80 Å². The average Bonchev–Trinajstić information content (AvgIpc) is 2.96. The van der Waals surface area contributed by atoms with E-state index in [1.54, 1.807) is 0 Å². The number of amides is 1. The van der Waals surface area contributed by atoms with Crippen LogP contribution in [0.15, 0.2) is 0 Å². The molecule has 7 heteroatoms. The summed E-state index contributed by atoms with van der Waals surface area (Å²) in [5, 5.41) is 18.8. The van der Waals surface area contributed by atoms with Crippen LogP contribution in [-0.2, 0) is 15.6 Å². The molecule has 2 unspecified atom stereocenters. The van der Waals surface area contributed by atoms with E-state index < -0.39 is 5.41 Å². The highest BCUT2D eigenvalue weighted by Gasteiger charge is 2.73. The Hall–Kier alpha value is -2.51. The van der Waals surface area contributed by atoms with Crippen LogP contribution in [0.3, 0.4) is 0 Å². The predicted molar refractivity (Wildman–Crippen MR) is 97.6 cm³/mol. The van der Waals surface area contributed by atoms with Gasteiger partial charge in [0, 0.05) is 31.6 Å². The van der Waals surface area contributed by atoms with Gasteiger partial charge in [0.15, 0.2) is 11.4 Å². The number of hydrogen-bond donors (Lipinski definition) is 0. The van der Waals surface area contributed by atoms with Crippen molar-refractivity contribution in [2.75, 3.05) is 33.2 Å². The van der Waals surface area contributed by atoms with Gasteiger partial charge >= 0.3 is 0 Å². The fraction of sp³-hybridized carbons (Fsp3) is 0.650. The van der Waals surface area contributed by atoms with Gasteiger partial charge in [-0.05, 0) is 25.3 Å². The molecule has 1 saturated heterocycles. The van der Waals surface area contributed by atoms with Crippen molar-refractivity contribution < 1.29 is 4.79 Å². The lowest BCUT2D eigenvalue weighted by Gasteiger charge is -2.44. The minimum atomic E-state index is -0.778. The second-order valence-electron chi connectivity index (χ2n) is 8.80. The van der Waals surface area contributed by atoms with Gasteiger partial charge in [-0.15, -0.1) is 0 Å². The largest absolute Gasteiger partial charge is 0.339 e. The number of nitrogens with zero attached hydrogens (tertiary/aromatic N) is 6. The molecule has 27 heavy (non-hydrogen) atoms. The van der Waals surface area contributed by atoms with Gasteiger partial charge in [0.25, 0.3) is 0 Å². The average molecular weight is 364 g/mol. The monoisotopic (exact) mass is 364 g/mol. The van der Waals surface area contributed by atoms with Crippen LogP contribution in [0.4, 0.5) is 0 Å². The molecule has 0 spiro atoms. The Bertz CT molecular complexity index is 918. The molecule has 2 heterocycles. The Morgan fingerprint density at radius 1 is 0.963 bits per heavy atom. The number of carbonyl (C=O) groups excluding carboxylic acids is 1. The summed E-state index contributed by atoms with van der Waals surface area (Å²) in [5.41, 5.74) is -0.0605. The zero-order valence-corrected chi connectivity index (χ0v) is 16.3. The minimum Gasteiger partial charge on any atom is -0.339 e. The van der Waals surface area contributed by atoms with E-state index >= 15 is 0 Å². The first-order valence-corrected chi connectivity index (χ1v) is 9.44. The zero-order valence-electron chi connectivity index (χ0n) is 16.3. The van der Waals surface area contributed by atoms with Crippen molar-refractivity contribution in [3.05, 3.63) is 22.8 Å². The summed E-state index contributed by atoms with van der Waals surface area (Å²) in [6.07, 6.45) is 1.54. The fourth-order valence-electron chi connectivity index (χ4n) is 5.39. The molecule has 2 atom stereocenters. The van der Waals surface area contributed by atoms with Crippen LogP contribution in [0, 0.1) is 28.1 Å². The van der Waals surface area contributed by atoms with Gasteiger partial charge in [-0.25, -0.2) is 9.97 Å². The first-order chi connectivity index (χ1) is 12.7. The number of rotatable bonds is 1. The van der Waals surface area contributed by atoms with Crippen molar-refractivity contribution in [3.8, 4) is 12.1 Å². The lowest BCUT2D eigenvalue weighted by Crippen LogP contribution is -2.57. The number of aromatic nitrogens is 2. The molecule has 4 rings (SSSR count). The van der Waals surface area contributed by atoms with Gasteiger partial charge in [0.1, 0.15) is 12.1 Å². The van der Waals surface area contributed by atoms with Gasteiger partial charge in [0.2, 0.25) is 5.91 Å². The van der Waals surface area contributed by atoms with Gasteiger partial charge in [-0.2, -0.15) is 10.5 Å². The summed E-state index contributed by atoms with van der Waals surface area (Å²) in [6.45, 7) is 9.48. The van der Waals surface area contributed by atoms with E-state index in [4.69, 9.17) is 0 Å². The summed E-state index contributed by atoms with van der Waals surface area (Å²) in [6, 6.07) is 3.98. The minimum absolute atomic E-state index is 0.0220. The smallest absolute Gasteiger partial charge is 0.235 e. The Labute approximate surface area is 159 Å². The molecule has 2 bridgehead atoms. The molecule has 3 aliphatic rings. The third kappa shape index (κ3) is 1.96. The lowest BCUT2D eigenvalue weighted by molar-refractivity contribution is -0.143. The maximum Gasteiger partial charge on any atom is 0.235 e. The standard InChI is InChI=1S/C20H24N6O/c1-18(2)19(3)5-6-20(18,17(27)26-9-7-25(4)8-10-26)16-15(19)23-13(11-21)14(12-22)24-16/h5-10H2,1-4H3. The van der Waals surface area contributed by atoms with Crippen LogP contribution in [0.1, 0.15) is 56.4 Å². The normalized spacial score (nSPS) is 31.3. The van der Waals surface area contributed by atoms with E-state index in [0.717, 1.165) is 25.2 Å². The van der Waals surface area contributed by atoms with Crippen molar-refractivity contribution in [2.24, 2.45) is 5.41 Å². The Morgan fingerprint density at radius 3 is 2.07 bits per heavy atom. The van der Waals surface area contributed by atoms with Gasteiger partial charge in [-0.1, -0.05) is 20.8 Å².